The molecule has 25 heavy (non-hydrogen) atoms. The second-order valence-electron chi connectivity index (χ2n) is 7.25. The molecule has 2 aliphatic heterocycles. The van der Waals surface area contributed by atoms with Crippen LogP contribution in [0.15, 0.2) is 0 Å². The summed E-state index contributed by atoms with van der Waals surface area (Å²) in [5.74, 6) is 1.57. The number of nitrogens with zero attached hydrogens (tertiary/aromatic N) is 4. The second kappa shape index (κ2) is 6.71. The Hall–Kier alpha value is -2.02. The van der Waals surface area contributed by atoms with Crippen LogP contribution in [0, 0.1) is 6.92 Å². The number of amides is 2. The van der Waals surface area contributed by atoms with E-state index in [4.69, 9.17) is 14.7 Å². The molecule has 1 atom stereocenters. The van der Waals surface area contributed by atoms with Gasteiger partial charge in [0.25, 0.3) is 0 Å². The Bertz CT molecular complexity index is 706. The Kier molecular flexibility index (Phi) is 4.77. The van der Waals surface area contributed by atoms with E-state index in [0.29, 0.717) is 31.9 Å². The number of anilines is 1. The van der Waals surface area contributed by atoms with Crippen molar-refractivity contribution in [1.29, 1.82) is 0 Å². The average Bonchev–Trinajstić information content (AvgIpc) is 2.89. The quantitative estimate of drug-likeness (QED) is 0.819. The third kappa shape index (κ3) is 3.25. The Morgan fingerprint density at radius 1 is 1.36 bits per heavy atom. The highest BCUT2D eigenvalue weighted by Crippen LogP contribution is 2.36. The molecule has 1 unspecified atom stereocenters. The van der Waals surface area contributed by atoms with Crippen molar-refractivity contribution in [2.45, 2.75) is 45.4 Å². The molecular formula is C18H26N4O3. The summed E-state index contributed by atoms with van der Waals surface area (Å²) in [5.41, 5.74) is 1.48. The summed E-state index contributed by atoms with van der Waals surface area (Å²) in [6, 6.07) is 0. The molecule has 3 heterocycles. The van der Waals surface area contributed by atoms with Crippen LogP contribution in [-0.2, 0) is 26.2 Å². The summed E-state index contributed by atoms with van der Waals surface area (Å²) < 4.78 is 5.12. The lowest BCUT2D eigenvalue weighted by atomic mass is 9.80. The number of hydrogen-bond acceptors (Lipinski definition) is 5. The molecule has 1 saturated heterocycles. The number of aryl methyl sites for hydroxylation is 1. The lowest BCUT2D eigenvalue weighted by Crippen LogP contribution is -2.47. The lowest BCUT2D eigenvalue weighted by Gasteiger charge is -2.39. The van der Waals surface area contributed by atoms with Crippen molar-refractivity contribution in [2.24, 2.45) is 0 Å². The van der Waals surface area contributed by atoms with Crippen molar-refractivity contribution < 1.29 is 14.3 Å². The Balaban J connectivity index is 1.96. The molecule has 7 nitrogen and oxygen atoms in total. The van der Waals surface area contributed by atoms with E-state index in [1.807, 2.05) is 11.8 Å². The Morgan fingerprint density at radius 3 is 2.80 bits per heavy atom. The second-order valence-corrected chi connectivity index (χ2v) is 7.25. The predicted molar refractivity (Wildman–Crippen MR) is 93.5 cm³/mol. The van der Waals surface area contributed by atoms with Crippen molar-refractivity contribution in [2.75, 3.05) is 38.3 Å². The molecule has 0 aromatic carbocycles. The van der Waals surface area contributed by atoms with E-state index < -0.39 is 0 Å². The minimum atomic E-state index is -0.289. The highest BCUT2D eigenvalue weighted by atomic mass is 16.5. The molecule has 0 spiro atoms. The van der Waals surface area contributed by atoms with Gasteiger partial charge in [0.2, 0.25) is 11.8 Å². The SMILES string of the molecule is COCCN1C(=O)Cc2c(C)nc(C3(C)CCCN(C(C)=O)C3)nc21. The average molecular weight is 346 g/mol. The zero-order valence-corrected chi connectivity index (χ0v) is 15.5. The summed E-state index contributed by atoms with van der Waals surface area (Å²) >= 11 is 0. The number of likely N-dealkylation sites (tertiary alicyclic amines) is 1. The molecule has 0 saturated carbocycles. The molecule has 1 aromatic rings. The minimum absolute atomic E-state index is 0.0424. The van der Waals surface area contributed by atoms with Crippen LogP contribution in [0.25, 0.3) is 0 Å². The van der Waals surface area contributed by atoms with Crippen LogP contribution in [0.2, 0.25) is 0 Å². The molecule has 1 fully saturated rings. The molecule has 136 valence electrons. The van der Waals surface area contributed by atoms with Gasteiger partial charge in [-0.05, 0) is 19.8 Å². The van der Waals surface area contributed by atoms with Crippen LogP contribution < -0.4 is 4.90 Å². The number of carbonyl (C=O) groups is 2. The van der Waals surface area contributed by atoms with Crippen LogP contribution in [0.1, 0.15) is 43.8 Å². The van der Waals surface area contributed by atoms with E-state index in [-0.39, 0.29) is 17.2 Å². The third-order valence-corrected chi connectivity index (χ3v) is 5.28. The van der Waals surface area contributed by atoms with E-state index >= 15 is 0 Å². The summed E-state index contributed by atoms with van der Waals surface area (Å²) in [6.07, 6.45) is 2.21. The van der Waals surface area contributed by atoms with Crippen LogP contribution in [0.3, 0.4) is 0 Å². The first kappa shape index (κ1) is 17.8. The number of carbonyl (C=O) groups excluding carboxylic acids is 2. The predicted octanol–water partition coefficient (Wildman–Crippen LogP) is 1.22. The smallest absolute Gasteiger partial charge is 0.232 e. The van der Waals surface area contributed by atoms with E-state index in [1.165, 1.54) is 0 Å². The standard InChI is InChI=1S/C18H26N4O3/c1-12-14-10-15(24)22(8-9-25-4)16(14)20-17(19-12)18(3)6-5-7-21(11-18)13(2)23/h5-11H2,1-4H3. The lowest BCUT2D eigenvalue weighted by molar-refractivity contribution is -0.131. The van der Waals surface area contributed by atoms with Crippen molar-refractivity contribution in [3.05, 3.63) is 17.1 Å². The van der Waals surface area contributed by atoms with Crippen LogP contribution in [-0.4, -0.2) is 60.0 Å². The maximum atomic E-state index is 12.3. The maximum absolute atomic E-state index is 12.3. The minimum Gasteiger partial charge on any atom is -0.383 e. The number of fused-ring (bicyclic) bond motifs is 1. The van der Waals surface area contributed by atoms with Gasteiger partial charge in [0.1, 0.15) is 11.6 Å². The van der Waals surface area contributed by atoms with Crippen LogP contribution in [0.5, 0.6) is 0 Å². The topological polar surface area (TPSA) is 75.6 Å². The van der Waals surface area contributed by atoms with Gasteiger partial charge in [0, 0.05) is 43.8 Å². The fourth-order valence-electron chi connectivity index (χ4n) is 3.75. The summed E-state index contributed by atoms with van der Waals surface area (Å²) in [7, 11) is 1.62. The van der Waals surface area contributed by atoms with Gasteiger partial charge >= 0.3 is 0 Å². The first-order valence-corrected chi connectivity index (χ1v) is 8.78. The Morgan fingerprint density at radius 2 is 2.12 bits per heavy atom. The van der Waals surface area contributed by atoms with Crippen molar-refractivity contribution in [3.63, 3.8) is 0 Å². The number of methoxy groups -OCH3 is 1. The molecule has 0 N–H and O–H groups in total. The van der Waals surface area contributed by atoms with Gasteiger partial charge in [0.05, 0.1) is 19.6 Å². The van der Waals surface area contributed by atoms with E-state index in [2.05, 4.69) is 6.92 Å². The maximum Gasteiger partial charge on any atom is 0.232 e. The summed E-state index contributed by atoms with van der Waals surface area (Å²) in [5, 5.41) is 0. The van der Waals surface area contributed by atoms with Gasteiger partial charge in [-0.25, -0.2) is 9.97 Å². The fraction of sp³-hybridized carbons (Fsp3) is 0.667. The van der Waals surface area contributed by atoms with Crippen LogP contribution >= 0.6 is 0 Å². The van der Waals surface area contributed by atoms with Gasteiger partial charge in [-0.15, -0.1) is 0 Å². The molecule has 2 aliphatic rings. The molecule has 7 heteroatoms. The molecule has 3 rings (SSSR count). The highest BCUT2D eigenvalue weighted by Gasteiger charge is 2.39. The number of piperidine rings is 1. The zero-order chi connectivity index (χ0) is 18.2. The van der Waals surface area contributed by atoms with E-state index in [0.717, 1.165) is 36.5 Å². The fourth-order valence-corrected chi connectivity index (χ4v) is 3.75. The van der Waals surface area contributed by atoms with Gasteiger partial charge in [-0.3, -0.25) is 14.5 Å². The summed E-state index contributed by atoms with van der Waals surface area (Å²) in [4.78, 5) is 37.2. The first-order chi connectivity index (χ1) is 11.9. The molecular weight excluding hydrogens is 320 g/mol. The van der Waals surface area contributed by atoms with Gasteiger partial charge in [0.15, 0.2) is 0 Å². The normalized spacial score (nSPS) is 23.1. The van der Waals surface area contributed by atoms with Gasteiger partial charge < -0.3 is 9.64 Å². The first-order valence-electron chi connectivity index (χ1n) is 8.78. The summed E-state index contributed by atoms with van der Waals surface area (Å²) in [6.45, 7) is 8.02. The monoisotopic (exact) mass is 346 g/mol. The van der Waals surface area contributed by atoms with E-state index in [9.17, 15) is 9.59 Å². The number of hydrogen-bond donors (Lipinski definition) is 0. The van der Waals surface area contributed by atoms with Gasteiger partial charge in [-0.1, -0.05) is 6.92 Å². The number of rotatable bonds is 4. The number of aromatic nitrogens is 2. The van der Waals surface area contributed by atoms with Crippen molar-refractivity contribution >= 4 is 17.6 Å². The highest BCUT2D eigenvalue weighted by molar-refractivity contribution is 6.00. The molecule has 0 bridgehead atoms. The largest absolute Gasteiger partial charge is 0.383 e. The number of ether oxygens (including phenoxy) is 1. The molecule has 0 radical (unpaired) electrons. The zero-order valence-electron chi connectivity index (χ0n) is 15.5. The van der Waals surface area contributed by atoms with Crippen molar-refractivity contribution in [1.82, 2.24) is 14.9 Å². The molecule has 0 aliphatic carbocycles. The van der Waals surface area contributed by atoms with Crippen molar-refractivity contribution in [3.8, 4) is 0 Å². The van der Waals surface area contributed by atoms with Gasteiger partial charge in [-0.2, -0.15) is 0 Å². The molecule has 2 amide bonds. The van der Waals surface area contributed by atoms with E-state index in [1.54, 1.807) is 18.9 Å². The third-order valence-electron chi connectivity index (χ3n) is 5.28. The molecule has 1 aromatic heterocycles. The Labute approximate surface area is 148 Å². The van der Waals surface area contributed by atoms with Crippen LogP contribution in [0.4, 0.5) is 5.82 Å².